The number of thiazole rings is 1. The Hall–Kier alpha value is -1.55. The molecule has 0 saturated carbocycles. The highest BCUT2D eigenvalue weighted by molar-refractivity contribution is 7.09. The molecule has 0 aliphatic heterocycles. The standard InChI is InChI=1S/C13H13FNOS/c1-9-10(2)17-8-15(9)7-13(16)11-3-5-12(14)6-4-11/h3-6,8H,7H2,1-2H3/q+1. The van der Waals surface area contributed by atoms with Crippen molar-refractivity contribution in [3.63, 3.8) is 0 Å². The average Bonchev–Trinajstić information content (AvgIpc) is 2.62. The van der Waals surface area contributed by atoms with Gasteiger partial charge in [0.15, 0.2) is 5.69 Å². The van der Waals surface area contributed by atoms with Gasteiger partial charge in [-0.1, -0.05) is 11.3 Å². The van der Waals surface area contributed by atoms with E-state index in [-0.39, 0.29) is 11.6 Å². The first-order chi connectivity index (χ1) is 8.08. The second-order valence-corrected chi connectivity index (χ2v) is 4.98. The van der Waals surface area contributed by atoms with E-state index >= 15 is 0 Å². The Morgan fingerprint density at radius 1 is 1.29 bits per heavy atom. The molecule has 2 aromatic rings. The van der Waals surface area contributed by atoms with Crippen molar-refractivity contribution < 1.29 is 13.8 Å². The maximum atomic E-state index is 12.7. The van der Waals surface area contributed by atoms with Crippen molar-refractivity contribution in [3.8, 4) is 0 Å². The molecular weight excluding hydrogens is 237 g/mol. The molecule has 1 aromatic carbocycles. The van der Waals surface area contributed by atoms with Crippen molar-refractivity contribution in [1.29, 1.82) is 0 Å². The summed E-state index contributed by atoms with van der Waals surface area (Å²) in [7, 11) is 0. The molecular formula is C13H13FNOS+. The summed E-state index contributed by atoms with van der Waals surface area (Å²) in [5.74, 6) is -0.326. The minimum Gasteiger partial charge on any atom is -0.287 e. The average molecular weight is 250 g/mol. The third kappa shape index (κ3) is 2.58. The summed E-state index contributed by atoms with van der Waals surface area (Å²) in [5.41, 5.74) is 3.58. The fraction of sp³-hybridized carbons (Fsp3) is 0.231. The highest BCUT2D eigenvalue weighted by Crippen LogP contribution is 2.09. The molecule has 0 unspecified atom stereocenters. The summed E-state index contributed by atoms with van der Waals surface area (Å²) in [6.07, 6.45) is 0. The van der Waals surface area contributed by atoms with E-state index in [2.05, 4.69) is 0 Å². The van der Waals surface area contributed by atoms with Crippen molar-refractivity contribution in [2.75, 3.05) is 0 Å². The van der Waals surface area contributed by atoms with Gasteiger partial charge in [-0.15, -0.1) is 0 Å². The number of hydrogen-bond acceptors (Lipinski definition) is 2. The number of ketones is 1. The van der Waals surface area contributed by atoms with E-state index in [0.29, 0.717) is 12.1 Å². The van der Waals surface area contributed by atoms with E-state index < -0.39 is 0 Å². The zero-order valence-corrected chi connectivity index (χ0v) is 10.6. The van der Waals surface area contributed by atoms with E-state index in [1.165, 1.54) is 29.1 Å². The molecule has 0 aliphatic rings. The predicted octanol–water partition coefficient (Wildman–Crippen LogP) is 2.67. The molecule has 1 heterocycles. The SMILES string of the molecule is Cc1sc[n+](CC(=O)c2ccc(F)cc2)c1C. The molecule has 4 heteroatoms. The molecule has 0 fully saturated rings. The highest BCUT2D eigenvalue weighted by atomic mass is 32.1. The van der Waals surface area contributed by atoms with Gasteiger partial charge >= 0.3 is 0 Å². The van der Waals surface area contributed by atoms with Crippen LogP contribution < -0.4 is 4.57 Å². The molecule has 2 nitrogen and oxygen atoms in total. The molecule has 0 saturated heterocycles. The fourth-order valence-electron chi connectivity index (χ4n) is 1.55. The molecule has 0 aliphatic carbocycles. The minimum absolute atomic E-state index is 0.00380. The smallest absolute Gasteiger partial charge is 0.227 e. The lowest BCUT2D eigenvalue weighted by Gasteiger charge is -1.97. The van der Waals surface area contributed by atoms with Gasteiger partial charge in [0.05, 0.1) is 4.88 Å². The Labute approximate surface area is 103 Å². The van der Waals surface area contributed by atoms with Crippen LogP contribution in [0.25, 0.3) is 0 Å². The number of carbonyl (C=O) groups excluding carboxylic acids is 1. The van der Waals surface area contributed by atoms with E-state index in [9.17, 15) is 9.18 Å². The van der Waals surface area contributed by atoms with Crippen LogP contribution in [0.15, 0.2) is 29.8 Å². The third-order valence-corrected chi connectivity index (χ3v) is 3.79. The van der Waals surface area contributed by atoms with Gasteiger partial charge < -0.3 is 0 Å². The van der Waals surface area contributed by atoms with Crippen molar-refractivity contribution in [2.45, 2.75) is 20.4 Å². The van der Waals surface area contributed by atoms with Crippen molar-refractivity contribution in [1.82, 2.24) is 0 Å². The number of Topliss-reactive ketones (excluding diaryl/α,β-unsaturated/α-hetero) is 1. The number of aryl methyl sites for hydroxylation is 1. The lowest BCUT2D eigenvalue weighted by molar-refractivity contribution is -0.684. The first-order valence-corrected chi connectivity index (χ1v) is 6.19. The van der Waals surface area contributed by atoms with Crippen molar-refractivity contribution >= 4 is 17.1 Å². The van der Waals surface area contributed by atoms with E-state index in [1.807, 2.05) is 23.9 Å². The van der Waals surface area contributed by atoms with Crippen LogP contribution in [0.2, 0.25) is 0 Å². The summed E-state index contributed by atoms with van der Waals surface area (Å²) in [4.78, 5) is 13.2. The Kier molecular flexibility index (Phi) is 3.33. The molecule has 0 atom stereocenters. The minimum atomic E-state index is -0.322. The molecule has 0 spiro atoms. The third-order valence-electron chi connectivity index (χ3n) is 2.78. The number of aromatic nitrogens is 1. The Balaban J connectivity index is 2.17. The fourth-order valence-corrected chi connectivity index (χ4v) is 2.35. The number of rotatable bonds is 3. The lowest BCUT2D eigenvalue weighted by atomic mass is 10.1. The van der Waals surface area contributed by atoms with Gasteiger partial charge in [0.2, 0.25) is 17.8 Å². The number of hydrogen-bond donors (Lipinski definition) is 0. The topological polar surface area (TPSA) is 20.9 Å². The summed E-state index contributed by atoms with van der Waals surface area (Å²) in [6, 6.07) is 5.66. The first-order valence-electron chi connectivity index (χ1n) is 5.31. The monoisotopic (exact) mass is 250 g/mol. The summed E-state index contributed by atoms with van der Waals surface area (Å²) in [6.45, 7) is 4.32. The van der Waals surface area contributed by atoms with E-state index in [0.717, 1.165) is 5.69 Å². The normalized spacial score (nSPS) is 10.5. The summed E-state index contributed by atoms with van der Waals surface area (Å²) in [5, 5.41) is 0. The summed E-state index contributed by atoms with van der Waals surface area (Å²) < 4.78 is 14.7. The maximum absolute atomic E-state index is 12.7. The largest absolute Gasteiger partial charge is 0.287 e. The van der Waals surface area contributed by atoms with Gasteiger partial charge in [-0.2, -0.15) is 4.57 Å². The quantitative estimate of drug-likeness (QED) is 0.606. The summed E-state index contributed by atoms with van der Waals surface area (Å²) >= 11 is 1.62. The Bertz CT molecular complexity index is 545. The van der Waals surface area contributed by atoms with Gasteiger partial charge in [-0.25, -0.2) is 4.39 Å². The van der Waals surface area contributed by atoms with Crippen LogP contribution >= 0.6 is 11.3 Å². The zero-order valence-electron chi connectivity index (χ0n) is 9.74. The van der Waals surface area contributed by atoms with Crippen LogP contribution in [0.5, 0.6) is 0 Å². The van der Waals surface area contributed by atoms with Crippen LogP contribution in [-0.4, -0.2) is 5.78 Å². The Morgan fingerprint density at radius 3 is 2.47 bits per heavy atom. The molecule has 1 aromatic heterocycles. The lowest BCUT2D eigenvalue weighted by Crippen LogP contribution is -2.38. The second kappa shape index (κ2) is 4.75. The van der Waals surface area contributed by atoms with E-state index in [1.54, 1.807) is 11.3 Å². The molecule has 0 N–H and O–H groups in total. The van der Waals surface area contributed by atoms with Crippen LogP contribution in [0, 0.1) is 19.7 Å². The zero-order chi connectivity index (χ0) is 12.4. The van der Waals surface area contributed by atoms with Crippen LogP contribution in [-0.2, 0) is 6.54 Å². The predicted molar refractivity (Wildman–Crippen MR) is 64.7 cm³/mol. The van der Waals surface area contributed by atoms with Gasteiger partial charge in [-0.3, -0.25) is 4.79 Å². The maximum Gasteiger partial charge on any atom is 0.227 e. The van der Waals surface area contributed by atoms with Gasteiger partial charge in [0.1, 0.15) is 5.82 Å². The first kappa shape index (κ1) is 11.9. The van der Waals surface area contributed by atoms with Gasteiger partial charge in [0.25, 0.3) is 0 Å². The molecule has 0 amide bonds. The molecule has 88 valence electrons. The van der Waals surface area contributed by atoms with Gasteiger partial charge in [0, 0.05) is 12.5 Å². The number of halogens is 1. The molecule has 0 bridgehead atoms. The molecule has 17 heavy (non-hydrogen) atoms. The Morgan fingerprint density at radius 2 is 1.94 bits per heavy atom. The van der Waals surface area contributed by atoms with Crippen molar-refractivity contribution in [3.05, 3.63) is 51.7 Å². The van der Waals surface area contributed by atoms with Crippen LogP contribution in [0.4, 0.5) is 4.39 Å². The molecule has 0 radical (unpaired) electrons. The van der Waals surface area contributed by atoms with Crippen LogP contribution in [0.1, 0.15) is 20.9 Å². The number of benzene rings is 1. The number of nitrogens with zero attached hydrogens (tertiary/aromatic N) is 1. The highest BCUT2D eigenvalue weighted by Gasteiger charge is 2.17. The number of carbonyl (C=O) groups is 1. The van der Waals surface area contributed by atoms with E-state index in [4.69, 9.17) is 0 Å². The molecule has 2 rings (SSSR count). The van der Waals surface area contributed by atoms with Gasteiger partial charge in [-0.05, 0) is 31.2 Å². The van der Waals surface area contributed by atoms with Crippen molar-refractivity contribution in [2.24, 2.45) is 0 Å². The second-order valence-electron chi connectivity index (χ2n) is 3.92. The van der Waals surface area contributed by atoms with Crippen LogP contribution in [0.3, 0.4) is 0 Å².